The van der Waals surface area contributed by atoms with E-state index < -0.39 is 5.92 Å². The van der Waals surface area contributed by atoms with Crippen LogP contribution in [0.1, 0.15) is 35.1 Å². The van der Waals surface area contributed by atoms with E-state index in [-0.39, 0.29) is 32.7 Å². The molecule has 0 radical (unpaired) electrons. The van der Waals surface area contributed by atoms with E-state index in [2.05, 4.69) is 11.1 Å². The molecule has 0 aliphatic rings. The maximum atomic E-state index is 12.5. The maximum absolute atomic E-state index is 12.5. The minimum Gasteiger partial charge on any atom is -0.358 e. The van der Waals surface area contributed by atoms with Crippen LogP contribution in [-0.4, -0.2) is 10.8 Å². The molecule has 1 aromatic heterocycles. The van der Waals surface area contributed by atoms with Crippen LogP contribution >= 0.6 is 11.3 Å². The number of hydrogen-bond acceptors (Lipinski definition) is 4. The van der Waals surface area contributed by atoms with Gasteiger partial charge in [-0.3, -0.25) is 4.79 Å². The van der Waals surface area contributed by atoms with E-state index in [0.29, 0.717) is 10.6 Å². The minimum atomic E-state index is -0.857. The first-order valence-electron chi connectivity index (χ1n) is 7.79. The summed E-state index contributed by atoms with van der Waals surface area (Å²) in [7, 11) is 0. The Morgan fingerprint density at radius 2 is 1.58 bits per heavy atom. The average molecular weight is 415 g/mol. The summed E-state index contributed by atoms with van der Waals surface area (Å²) in [6.07, 6.45) is 0. The van der Waals surface area contributed by atoms with E-state index in [4.69, 9.17) is 0 Å². The fraction of sp³-hybridized carbons (Fsp3) is 0.143. The summed E-state index contributed by atoms with van der Waals surface area (Å²) in [4.78, 5) is 16.9. The van der Waals surface area contributed by atoms with Gasteiger partial charge in [0.25, 0.3) is 0 Å². The molecule has 0 aliphatic carbocycles. The molecule has 0 bridgehead atoms. The first kappa shape index (κ1) is 23.9. The Labute approximate surface area is 172 Å². The van der Waals surface area contributed by atoms with Gasteiger partial charge in [0.2, 0.25) is 0 Å². The van der Waals surface area contributed by atoms with Gasteiger partial charge < -0.3 is 7.43 Å². The minimum absolute atomic E-state index is 0. The predicted molar refractivity (Wildman–Crippen MR) is 104 cm³/mol. The first-order valence-corrected chi connectivity index (χ1v) is 8.67. The third-order valence-corrected chi connectivity index (χ3v) is 4.20. The van der Waals surface area contributed by atoms with Crippen LogP contribution in [-0.2, 0) is 19.5 Å². The largest absolute Gasteiger partial charge is 0.358 e. The molecule has 2 aromatic carbocycles. The van der Waals surface area contributed by atoms with Gasteiger partial charge in [0.05, 0.1) is 11.8 Å². The molecule has 1 atom stereocenters. The molecule has 0 N–H and O–H groups in total. The number of carbonyl (C=O) groups is 1. The summed E-state index contributed by atoms with van der Waals surface area (Å²) in [5.74, 6) is -1.07. The Kier molecular flexibility index (Phi) is 11.2. The maximum Gasteiger partial charge on any atom is 0.186 e. The molecular formula is C21H21N2OSZn-. The number of rotatable bonds is 4. The second kappa shape index (κ2) is 12.2. The van der Waals surface area contributed by atoms with Crippen LogP contribution in [0.3, 0.4) is 0 Å². The van der Waals surface area contributed by atoms with Crippen molar-refractivity contribution in [3.8, 4) is 17.3 Å². The zero-order valence-electron chi connectivity index (χ0n) is 15.3. The van der Waals surface area contributed by atoms with Crippen molar-refractivity contribution in [1.82, 2.24) is 4.98 Å². The molecule has 0 amide bonds. The van der Waals surface area contributed by atoms with E-state index in [9.17, 15) is 10.1 Å². The van der Waals surface area contributed by atoms with Crippen molar-refractivity contribution in [3.05, 3.63) is 84.0 Å². The summed E-state index contributed by atoms with van der Waals surface area (Å²) < 4.78 is 0. The van der Waals surface area contributed by atoms with Crippen molar-refractivity contribution in [2.75, 3.05) is 0 Å². The molecule has 3 nitrogen and oxygen atoms in total. The second-order valence-electron chi connectivity index (χ2n) is 4.73. The van der Waals surface area contributed by atoms with E-state index in [1.165, 1.54) is 11.3 Å². The van der Waals surface area contributed by atoms with Crippen molar-refractivity contribution in [1.29, 1.82) is 5.26 Å². The molecule has 0 saturated carbocycles. The standard InChI is InChI=1S/C18H12N2OS.C2H6.CH3.Zn/c19-11-15(17(21)14-9-5-2-6-10-14)18-20-16(12-22-18)13-7-3-1-4-8-13;1-2;;/h1-10,12,15H;1-2H3;1H3;/q;;-1;. The average Bonchev–Trinajstić information content (AvgIpc) is 3.15. The molecule has 26 heavy (non-hydrogen) atoms. The van der Waals surface area contributed by atoms with Gasteiger partial charge >= 0.3 is 0 Å². The molecule has 0 saturated heterocycles. The molecule has 0 spiro atoms. The molecule has 3 aromatic rings. The van der Waals surface area contributed by atoms with Gasteiger partial charge in [-0.15, -0.1) is 11.3 Å². The number of Topliss-reactive ketones (excluding diaryl/α,β-unsaturated/α-hetero) is 1. The molecule has 5 heteroatoms. The Morgan fingerprint density at radius 3 is 2.12 bits per heavy atom. The molecule has 1 unspecified atom stereocenters. The first-order chi connectivity index (χ1) is 11.8. The van der Waals surface area contributed by atoms with Gasteiger partial charge in [-0.05, 0) is 0 Å². The number of thiazole rings is 1. The summed E-state index contributed by atoms with van der Waals surface area (Å²) in [5, 5.41) is 11.8. The smallest absolute Gasteiger partial charge is 0.186 e. The topological polar surface area (TPSA) is 53.8 Å². The number of hydrogen-bond donors (Lipinski definition) is 0. The van der Waals surface area contributed by atoms with Crippen molar-refractivity contribution < 1.29 is 24.3 Å². The van der Waals surface area contributed by atoms with Crippen molar-refractivity contribution in [3.63, 3.8) is 0 Å². The third kappa shape index (κ3) is 5.69. The monoisotopic (exact) mass is 413 g/mol. The van der Waals surface area contributed by atoms with Gasteiger partial charge in [-0.25, -0.2) is 4.98 Å². The summed E-state index contributed by atoms with van der Waals surface area (Å²) >= 11 is 1.35. The van der Waals surface area contributed by atoms with Crippen LogP contribution in [0.5, 0.6) is 0 Å². The zero-order chi connectivity index (χ0) is 17.4. The summed E-state index contributed by atoms with van der Waals surface area (Å²) in [6, 6.07) is 20.7. The molecule has 0 aliphatic heterocycles. The van der Waals surface area contributed by atoms with E-state index in [1.54, 1.807) is 24.3 Å². The number of nitrogens with zero attached hydrogens (tertiary/aromatic N) is 2. The number of carbonyl (C=O) groups excluding carboxylic acids is 1. The fourth-order valence-corrected chi connectivity index (χ4v) is 3.02. The van der Waals surface area contributed by atoms with Gasteiger partial charge in [-0.1, -0.05) is 74.5 Å². The second-order valence-corrected chi connectivity index (χ2v) is 5.62. The van der Waals surface area contributed by atoms with Crippen LogP contribution in [0.2, 0.25) is 0 Å². The molecular weight excluding hydrogens is 394 g/mol. The summed E-state index contributed by atoms with van der Waals surface area (Å²) in [6.45, 7) is 4.00. The normalized spacial score (nSPS) is 10.0. The van der Waals surface area contributed by atoms with Crippen molar-refractivity contribution >= 4 is 17.1 Å². The number of aromatic nitrogens is 1. The van der Waals surface area contributed by atoms with Crippen molar-refractivity contribution in [2.24, 2.45) is 0 Å². The molecule has 0 fully saturated rings. The number of nitriles is 1. The Balaban J connectivity index is 0.00000151. The molecule has 130 valence electrons. The number of benzene rings is 2. The van der Waals surface area contributed by atoms with Gasteiger partial charge in [-0.2, -0.15) is 5.26 Å². The fourth-order valence-electron chi connectivity index (χ4n) is 2.16. The van der Waals surface area contributed by atoms with Crippen LogP contribution in [0.15, 0.2) is 66.0 Å². The number of ketones is 1. The van der Waals surface area contributed by atoms with Crippen molar-refractivity contribution in [2.45, 2.75) is 19.8 Å². The zero-order valence-corrected chi connectivity index (χ0v) is 19.1. The van der Waals surface area contributed by atoms with E-state index >= 15 is 0 Å². The van der Waals surface area contributed by atoms with E-state index in [1.807, 2.05) is 55.6 Å². The van der Waals surface area contributed by atoms with E-state index in [0.717, 1.165) is 11.3 Å². The van der Waals surface area contributed by atoms with Crippen LogP contribution in [0.4, 0.5) is 0 Å². The third-order valence-electron chi connectivity index (χ3n) is 3.29. The predicted octanol–water partition coefficient (Wildman–Crippen LogP) is 5.77. The van der Waals surface area contributed by atoms with Gasteiger partial charge in [0.15, 0.2) is 11.7 Å². The Hall–Kier alpha value is -2.15. The van der Waals surface area contributed by atoms with Crippen LogP contribution < -0.4 is 0 Å². The Morgan fingerprint density at radius 1 is 1.04 bits per heavy atom. The van der Waals surface area contributed by atoms with Crippen LogP contribution in [0.25, 0.3) is 11.3 Å². The van der Waals surface area contributed by atoms with Crippen LogP contribution in [0, 0.1) is 18.8 Å². The quantitative estimate of drug-likeness (QED) is 0.309. The molecule has 1 heterocycles. The van der Waals surface area contributed by atoms with Gasteiger partial charge in [0, 0.05) is 36.0 Å². The summed E-state index contributed by atoms with van der Waals surface area (Å²) in [5.41, 5.74) is 2.31. The SMILES string of the molecule is CC.N#CC(C(=O)c1ccccc1)c1nc(-c2ccccc2)cs1.[CH3-].[Zn]. The van der Waals surface area contributed by atoms with Gasteiger partial charge in [0.1, 0.15) is 5.01 Å². The Bertz CT molecular complexity index is 826. The molecule has 3 rings (SSSR count).